The van der Waals surface area contributed by atoms with Gasteiger partial charge in [-0.15, -0.1) is 0 Å². The molecule has 0 aromatic carbocycles. The number of sulfonamides is 1. The highest BCUT2D eigenvalue weighted by molar-refractivity contribution is 7.89. The Morgan fingerprint density at radius 2 is 2.18 bits per heavy atom. The van der Waals surface area contributed by atoms with E-state index in [4.69, 9.17) is 4.42 Å². The van der Waals surface area contributed by atoms with Crippen molar-refractivity contribution in [2.75, 3.05) is 13.6 Å². The van der Waals surface area contributed by atoms with Crippen LogP contribution in [0.2, 0.25) is 0 Å². The Bertz CT molecular complexity index is 502. The van der Waals surface area contributed by atoms with Crippen molar-refractivity contribution in [2.24, 2.45) is 5.92 Å². The van der Waals surface area contributed by atoms with Gasteiger partial charge in [-0.1, -0.05) is 13.8 Å². The summed E-state index contributed by atoms with van der Waals surface area (Å²) in [5.41, 5.74) is 0. The van der Waals surface area contributed by atoms with E-state index in [2.05, 4.69) is 4.72 Å². The Morgan fingerprint density at radius 1 is 1.53 bits per heavy atom. The van der Waals surface area contributed by atoms with Crippen LogP contribution in [0.25, 0.3) is 0 Å². The summed E-state index contributed by atoms with van der Waals surface area (Å²) in [4.78, 5) is 0. The molecule has 0 fully saturated rings. The first kappa shape index (κ1) is 13.7. The number of rotatable bonds is 5. The second kappa shape index (κ2) is 5.33. The van der Waals surface area contributed by atoms with Gasteiger partial charge >= 0.3 is 0 Å². The molecule has 0 spiro atoms. The standard InChI is InChI=1S/C10H16N2O4S/c1-8(2)6-12(13)7-9-4-5-10(16-9)17(14,15)11-3/h4-5,7-8,11H,6H2,1-3H3. The predicted octanol–water partition coefficient (Wildman–Crippen LogP) is 0.773. The van der Waals surface area contributed by atoms with Crippen LogP contribution >= 0.6 is 0 Å². The Hall–Kier alpha value is -1.34. The minimum atomic E-state index is -3.59. The minimum absolute atomic E-state index is 0.204. The van der Waals surface area contributed by atoms with Gasteiger partial charge in [-0.3, -0.25) is 0 Å². The molecular formula is C10H16N2O4S. The van der Waals surface area contributed by atoms with Gasteiger partial charge in [0.25, 0.3) is 10.0 Å². The third-order valence-electron chi connectivity index (χ3n) is 1.95. The number of hydroxylamine groups is 1. The molecule has 96 valence electrons. The number of nitrogens with one attached hydrogen (secondary N) is 1. The second-order valence-electron chi connectivity index (χ2n) is 3.99. The Balaban J connectivity index is 2.90. The molecule has 1 aromatic rings. The molecule has 0 atom stereocenters. The fourth-order valence-corrected chi connectivity index (χ4v) is 1.86. The average Bonchev–Trinajstić information content (AvgIpc) is 2.65. The first-order valence-electron chi connectivity index (χ1n) is 5.17. The lowest BCUT2D eigenvalue weighted by molar-refractivity contribution is -0.459. The van der Waals surface area contributed by atoms with Crippen LogP contribution < -0.4 is 4.72 Å². The Morgan fingerprint density at radius 3 is 2.71 bits per heavy atom. The largest absolute Gasteiger partial charge is 0.624 e. The summed E-state index contributed by atoms with van der Waals surface area (Å²) in [5.74, 6) is 0.439. The monoisotopic (exact) mass is 260 g/mol. The van der Waals surface area contributed by atoms with E-state index in [0.29, 0.717) is 6.54 Å². The lowest BCUT2D eigenvalue weighted by atomic mass is 10.2. The van der Waals surface area contributed by atoms with E-state index in [1.54, 1.807) is 0 Å². The van der Waals surface area contributed by atoms with Gasteiger partial charge in [-0.2, -0.15) is 0 Å². The lowest BCUT2D eigenvalue weighted by Crippen LogP contribution is -2.17. The third kappa shape index (κ3) is 3.86. The van der Waals surface area contributed by atoms with E-state index < -0.39 is 10.0 Å². The van der Waals surface area contributed by atoms with Crippen LogP contribution in [0.5, 0.6) is 0 Å². The molecule has 0 unspecified atom stereocenters. The maximum Gasteiger partial charge on any atom is 0.273 e. The van der Waals surface area contributed by atoms with Crippen LogP contribution in [0.4, 0.5) is 0 Å². The molecule has 0 radical (unpaired) electrons. The molecule has 17 heavy (non-hydrogen) atoms. The summed E-state index contributed by atoms with van der Waals surface area (Å²) in [5, 5.41) is 11.2. The van der Waals surface area contributed by atoms with E-state index in [9.17, 15) is 13.6 Å². The first-order valence-corrected chi connectivity index (χ1v) is 6.65. The number of hydrogen-bond donors (Lipinski definition) is 1. The maximum absolute atomic E-state index is 11.4. The molecule has 0 saturated heterocycles. The summed E-state index contributed by atoms with van der Waals surface area (Å²) in [6, 6.07) is 2.75. The van der Waals surface area contributed by atoms with Gasteiger partial charge in [0.15, 0.2) is 12.3 Å². The molecular weight excluding hydrogens is 244 g/mol. The summed E-state index contributed by atoms with van der Waals surface area (Å²) < 4.78 is 30.6. The van der Waals surface area contributed by atoms with Crippen molar-refractivity contribution < 1.29 is 17.6 Å². The topological polar surface area (TPSA) is 85.4 Å². The Kier molecular flexibility index (Phi) is 4.30. The average molecular weight is 260 g/mol. The molecule has 1 aromatic heterocycles. The van der Waals surface area contributed by atoms with Crippen molar-refractivity contribution >= 4 is 16.2 Å². The van der Waals surface area contributed by atoms with Crippen LogP contribution in [-0.2, 0) is 10.0 Å². The number of furan rings is 1. The summed E-state index contributed by atoms with van der Waals surface area (Å²) in [6.45, 7) is 4.16. The molecule has 0 aliphatic carbocycles. The van der Waals surface area contributed by atoms with E-state index >= 15 is 0 Å². The van der Waals surface area contributed by atoms with Crippen LogP contribution in [0.15, 0.2) is 21.6 Å². The smallest absolute Gasteiger partial charge is 0.273 e. The molecule has 0 saturated carbocycles. The van der Waals surface area contributed by atoms with E-state index in [1.165, 1.54) is 25.4 Å². The zero-order valence-electron chi connectivity index (χ0n) is 10.0. The highest BCUT2D eigenvalue weighted by Crippen LogP contribution is 2.11. The van der Waals surface area contributed by atoms with Crippen molar-refractivity contribution in [2.45, 2.75) is 18.9 Å². The van der Waals surface area contributed by atoms with Crippen LogP contribution in [-0.4, -0.2) is 33.0 Å². The summed E-state index contributed by atoms with van der Waals surface area (Å²) >= 11 is 0. The normalized spacial score (nSPS) is 13.3. The molecule has 6 nitrogen and oxygen atoms in total. The van der Waals surface area contributed by atoms with Crippen molar-refractivity contribution in [3.8, 4) is 0 Å². The number of hydrogen-bond acceptors (Lipinski definition) is 4. The highest BCUT2D eigenvalue weighted by Gasteiger charge is 2.16. The fraction of sp³-hybridized carbons (Fsp3) is 0.500. The van der Waals surface area contributed by atoms with Gasteiger partial charge in [0.05, 0.1) is 0 Å². The summed E-state index contributed by atoms with van der Waals surface area (Å²) in [6.07, 6.45) is 1.23. The predicted molar refractivity (Wildman–Crippen MR) is 63.5 cm³/mol. The fourth-order valence-electron chi connectivity index (χ4n) is 1.20. The van der Waals surface area contributed by atoms with Gasteiger partial charge in [0.1, 0.15) is 0 Å². The van der Waals surface area contributed by atoms with Gasteiger partial charge < -0.3 is 9.62 Å². The van der Waals surface area contributed by atoms with Crippen molar-refractivity contribution in [3.05, 3.63) is 23.1 Å². The first-order chi connectivity index (χ1) is 7.85. The van der Waals surface area contributed by atoms with E-state index in [-0.39, 0.29) is 16.8 Å². The van der Waals surface area contributed by atoms with Crippen molar-refractivity contribution in [1.29, 1.82) is 0 Å². The zero-order valence-corrected chi connectivity index (χ0v) is 10.8. The molecule has 7 heteroatoms. The van der Waals surface area contributed by atoms with Crippen molar-refractivity contribution in [3.63, 3.8) is 0 Å². The van der Waals surface area contributed by atoms with E-state index in [1.807, 2.05) is 13.8 Å². The molecule has 1 N–H and O–H groups in total. The van der Waals surface area contributed by atoms with Crippen LogP contribution in [0.3, 0.4) is 0 Å². The quantitative estimate of drug-likeness (QED) is 0.367. The minimum Gasteiger partial charge on any atom is -0.624 e. The summed E-state index contributed by atoms with van der Waals surface area (Å²) in [7, 11) is -2.30. The Labute approximate surface area is 101 Å². The number of nitrogens with zero attached hydrogens (tertiary/aromatic N) is 1. The maximum atomic E-state index is 11.4. The lowest BCUT2D eigenvalue weighted by Gasteiger charge is -2.04. The molecule has 0 bridgehead atoms. The van der Waals surface area contributed by atoms with Gasteiger partial charge in [0, 0.05) is 5.92 Å². The third-order valence-corrected chi connectivity index (χ3v) is 3.24. The zero-order chi connectivity index (χ0) is 13.1. The SMILES string of the molecule is CNS(=O)(=O)c1ccc(C=[N+]([O-])CC(C)C)o1. The highest BCUT2D eigenvalue weighted by atomic mass is 32.2. The molecule has 0 aliphatic rings. The van der Waals surface area contributed by atoms with E-state index in [0.717, 1.165) is 4.74 Å². The van der Waals surface area contributed by atoms with Gasteiger partial charge in [-0.05, 0) is 19.2 Å². The van der Waals surface area contributed by atoms with Crippen LogP contribution in [0.1, 0.15) is 19.6 Å². The molecule has 0 aliphatic heterocycles. The second-order valence-corrected chi connectivity index (χ2v) is 5.80. The van der Waals surface area contributed by atoms with Gasteiger partial charge in [-0.25, -0.2) is 17.9 Å². The van der Waals surface area contributed by atoms with Gasteiger partial charge in [0.2, 0.25) is 11.3 Å². The van der Waals surface area contributed by atoms with Crippen molar-refractivity contribution in [1.82, 2.24) is 4.72 Å². The molecule has 1 rings (SSSR count). The van der Waals surface area contributed by atoms with Crippen LogP contribution in [0, 0.1) is 11.1 Å². The molecule has 0 amide bonds. The molecule has 1 heterocycles.